The van der Waals surface area contributed by atoms with Gasteiger partial charge in [-0.05, 0) is 18.9 Å². The van der Waals surface area contributed by atoms with Crippen LogP contribution in [0.3, 0.4) is 0 Å². The Labute approximate surface area is 228 Å². The van der Waals surface area contributed by atoms with Crippen LogP contribution in [-0.2, 0) is 36.8 Å². The van der Waals surface area contributed by atoms with E-state index >= 15 is 0 Å². The van der Waals surface area contributed by atoms with Crippen molar-refractivity contribution in [1.82, 2.24) is 5.32 Å². The fourth-order valence-electron chi connectivity index (χ4n) is 2.34. The molecule has 0 unspecified atom stereocenters. The molecule has 0 aliphatic carbocycles. The van der Waals surface area contributed by atoms with Crippen molar-refractivity contribution in [3.63, 3.8) is 0 Å². The molecule has 0 saturated heterocycles. The molecule has 1 aromatic rings. The van der Waals surface area contributed by atoms with Gasteiger partial charge in [0.15, 0.2) is 5.78 Å². The Morgan fingerprint density at radius 3 is 2.40 bits per heavy atom. The number of carbonyl (C=O) groups is 3. The van der Waals surface area contributed by atoms with Crippen LogP contribution in [-0.4, -0.2) is 44.5 Å². The van der Waals surface area contributed by atoms with Crippen molar-refractivity contribution in [2.24, 2.45) is 0 Å². The molecule has 0 aliphatic heterocycles. The first-order valence-corrected chi connectivity index (χ1v) is 9.85. The molecular formula is C22H31N2O5Rb. The SMILES string of the molecule is CCCC(=O)OCCCOCC(=O)[N-]Cc1ccc(CC(=O)/C=C(/C)NC)cc1.[Rb+]. The molecule has 0 spiro atoms. The monoisotopic (exact) mass is 488 g/mol. The number of hydrogen-bond donors (Lipinski definition) is 1. The first-order chi connectivity index (χ1) is 13.9. The summed E-state index contributed by atoms with van der Waals surface area (Å²) < 4.78 is 10.2. The van der Waals surface area contributed by atoms with Crippen LogP contribution in [0.1, 0.15) is 44.2 Å². The minimum atomic E-state index is -0.333. The van der Waals surface area contributed by atoms with E-state index in [-0.39, 0.29) is 89.0 Å². The Hall–Kier alpha value is -0.865. The van der Waals surface area contributed by atoms with Gasteiger partial charge in [-0.2, -0.15) is 0 Å². The minimum Gasteiger partial charge on any atom is -0.648 e. The van der Waals surface area contributed by atoms with Gasteiger partial charge in [0.1, 0.15) is 0 Å². The number of ketones is 1. The van der Waals surface area contributed by atoms with E-state index in [2.05, 4.69) is 10.6 Å². The van der Waals surface area contributed by atoms with E-state index in [1.165, 1.54) is 0 Å². The second-order valence-corrected chi connectivity index (χ2v) is 6.62. The van der Waals surface area contributed by atoms with Crippen LogP contribution in [0.2, 0.25) is 0 Å². The number of nitrogens with one attached hydrogen (secondary N) is 1. The number of carbonyl (C=O) groups excluding carboxylic acids is 3. The van der Waals surface area contributed by atoms with Crippen LogP contribution in [0.25, 0.3) is 5.32 Å². The van der Waals surface area contributed by atoms with E-state index in [1.54, 1.807) is 13.1 Å². The fraction of sp³-hybridized carbons (Fsp3) is 0.500. The summed E-state index contributed by atoms with van der Waals surface area (Å²) in [5.41, 5.74) is 2.62. The summed E-state index contributed by atoms with van der Waals surface area (Å²) in [6.07, 6.45) is 3.64. The number of nitrogens with zero attached hydrogens (tertiary/aromatic N) is 1. The molecule has 0 heterocycles. The Morgan fingerprint density at radius 2 is 1.77 bits per heavy atom. The molecule has 30 heavy (non-hydrogen) atoms. The zero-order valence-corrected chi connectivity index (χ0v) is 23.4. The summed E-state index contributed by atoms with van der Waals surface area (Å²) in [7, 11) is 1.77. The summed E-state index contributed by atoms with van der Waals surface area (Å²) >= 11 is 0. The molecule has 0 radical (unpaired) electrons. The maximum atomic E-state index is 11.9. The van der Waals surface area contributed by atoms with E-state index in [0.717, 1.165) is 23.2 Å². The molecule has 0 atom stereocenters. The van der Waals surface area contributed by atoms with Gasteiger partial charge in [-0.1, -0.05) is 36.8 Å². The number of hydrogen-bond acceptors (Lipinski definition) is 6. The van der Waals surface area contributed by atoms with Crippen molar-refractivity contribution in [2.45, 2.75) is 46.1 Å². The van der Waals surface area contributed by atoms with E-state index < -0.39 is 0 Å². The molecule has 1 rings (SSSR count). The van der Waals surface area contributed by atoms with Gasteiger partial charge >= 0.3 is 64.2 Å². The quantitative estimate of drug-likeness (QED) is 0.226. The third kappa shape index (κ3) is 14.2. The topological polar surface area (TPSA) is 95.8 Å². The summed E-state index contributed by atoms with van der Waals surface area (Å²) in [6.45, 7) is 4.57. The predicted octanol–water partition coefficient (Wildman–Crippen LogP) is 0.0757. The standard InChI is InChI=1S/C22H32N2O5.Rb/c1-4-6-22(27)29-12-5-11-28-16-21(26)24-15-19-9-7-18(8-10-19)14-20(25)13-17(2)23-3;/h7-10,13H,4-6,11-12,14-16H2,1-3H3,(H2,23,24,25,26);/q;+1/p-1. The Morgan fingerprint density at radius 1 is 1.10 bits per heavy atom. The number of allylic oxidation sites excluding steroid dienone is 2. The number of amides is 1. The first-order valence-electron chi connectivity index (χ1n) is 9.85. The summed E-state index contributed by atoms with van der Waals surface area (Å²) in [5.74, 6) is -0.514. The van der Waals surface area contributed by atoms with Gasteiger partial charge < -0.3 is 24.9 Å². The van der Waals surface area contributed by atoms with Crippen molar-refractivity contribution >= 4 is 17.7 Å². The third-order valence-corrected chi connectivity index (χ3v) is 3.99. The molecule has 0 fully saturated rings. The Bertz CT molecular complexity index is 689. The van der Waals surface area contributed by atoms with Gasteiger partial charge in [0.05, 0.1) is 25.7 Å². The van der Waals surface area contributed by atoms with Crippen LogP contribution in [0, 0.1) is 0 Å². The van der Waals surface area contributed by atoms with Crippen molar-refractivity contribution in [1.29, 1.82) is 0 Å². The molecule has 1 N–H and O–H groups in total. The molecule has 8 heteroatoms. The molecule has 0 bridgehead atoms. The Kier molecular flexibility index (Phi) is 17.3. The zero-order valence-electron chi connectivity index (χ0n) is 18.5. The molecule has 160 valence electrons. The Balaban J connectivity index is 0.00000841. The zero-order chi connectivity index (χ0) is 21.5. The predicted molar refractivity (Wildman–Crippen MR) is 111 cm³/mol. The molecule has 1 aromatic carbocycles. The van der Waals surface area contributed by atoms with Gasteiger partial charge in [0, 0.05) is 38.1 Å². The van der Waals surface area contributed by atoms with Crippen LogP contribution in [0.15, 0.2) is 36.0 Å². The minimum absolute atomic E-state index is 0. The molecule has 0 aliphatic rings. The van der Waals surface area contributed by atoms with Crippen LogP contribution < -0.4 is 63.5 Å². The normalized spacial score (nSPS) is 10.7. The van der Waals surface area contributed by atoms with E-state index in [1.807, 2.05) is 38.1 Å². The van der Waals surface area contributed by atoms with E-state index in [4.69, 9.17) is 9.47 Å². The molecule has 7 nitrogen and oxygen atoms in total. The number of ether oxygens (including phenoxy) is 2. The van der Waals surface area contributed by atoms with Gasteiger partial charge in [-0.3, -0.25) is 9.59 Å². The third-order valence-electron chi connectivity index (χ3n) is 3.99. The summed E-state index contributed by atoms with van der Waals surface area (Å²) in [6, 6.07) is 7.46. The largest absolute Gasteiger partial charge is 1.00 e. The smallest absolute Gasteiger partial charge is 0.648 e. The van der Waals surface area contributed by atoms with Crippen LogP contribution in [0.5, 0.6) is 0 Å². The van der Waals surface area contributed by atoms with Gasteiger partial charge in [0.25, 0.3) is 0 Å². The molecule has 0 saturated carbocycles. The van der Waals surface area contributed by atoms with Gasteiger partial charge in [-0.25, -0.2) is 0 Å². The van der Waals surface area contributed by atoms with Crippen molar-refractivity contribution in [3.8, 4) is 0 Å². The molecule has 1 amide bonds. The first kappa shape index (κ1) is 29.1. The second kappa shape index (κ2) is 17.8. The van der Waals surface area contributed by atoms with Crippen molar-refractivity contribution in [2.75, 3.05) is 26.9 Å². The molecular weight excluding hydrogens is 458 g/mol. The molecule has 0 aromatic heterocycles. The fourth-order valence-corrected chi connectivity index (χ4v) is 2.34. The summed E-state index contributed by atoms with van der Waals surface area (Å²) in [5, 5.41) is 6.89. The van der Waals surface area contributed by atoms with Gasteiger partial charge in [-0.15, -0.1) is 6.54 Å². The number of esters is 1. The van der Waals surface area contributed by atoms with E-state index in [9.17, 15) is 14.4 Å². The van der Waals surface area contributed by atoms with Crippen LogP contribution in [0.4, 0.5) is 0 Å². The van der Waals surface area contributed by atoms with Gasteiger partial charge in [0.2, 0.25) is 0 Å². The number of benzene rings is 1. The average Bonchev–Trinajstić information content (AvgIpc) is 2.70. The average molecular weight is 489 g/mol. The maximum absolute atomic E-state index is 11.9. The summed E-state index contributed by atoms with van der Waals surface area (Å²) in [4.78, 5) is 34.8. The number of rotatable bonds is 14. The van der Waals surface area contributed by atoms with Crippen LogP contribution >= 0.6 is 0 Å². The second-order valence-electron chi connectivity index (χ2n) is 6.62. The van der Waals surface area contributed by atoms with Crippen molar-refractivity contribution < 1.29 is 82.0 Å². The van der Waals surface area contributed by atoms with E-state index in [0.29, 0.717) is 32.5 Å². The maximum Gasteiger partial charge on any atom is 1.00 e. The van der Waals surface area contributed by atoms with Crippen molar-refractivity contribution in [3.05, 3.63) is 52.5 Å².